The van der Waals surface area contributed by atoms with Crippen LogP contribution in [0.3, 0.4) is 0 Å². The number of alkyl halides is 3. The van der Waals surface area contributed by atoms with Crippen LogP contribution in [-0.4, -0.2) is 34.3 Å². The van der Waals surface area contributed by atoms with Crippen LogP contribution < -0.4 is 4.74 Å². The minimum atomic E-state index is -4.84. The molecule has 118 valence electrons. The number of benzene rings is 1. The number of hydrogen-bond donors (Lipinski definition) is 1. The Labute approximate surface area is 130 Å². The van der Waals surface area contributed by atoms with Gasteiger partial charge in [-0.15, -0.1) is 18.3 Å². The van der Waals surface area contributed by atoms with Crippen LogP contribution in [0.4, 0.5) is 13.2 Å². The van der Waals surface area contributed by atoms with Crippen LogP contribution in [0.15, 0.2) is 22.7 Å². The van der Waals surface area contributed by atoms with Crippen molar-refractivity contribution >= 4 is 21.9 Å². The van der Waals surface area contributed by atoms with Gasteiger partial charge in [-0.2, -0.15) is 10.3 Å². The van der Waals surface area contributed by atoms with Crippen molar-refractivity contribution in [2.24, 2.45) is 0 Å². The average molecular weight is 380 g/mol. The molecular weight excluding hydrogens is 371 g/mol. The topological polar surface area (TPSA) is 77.1 Å². The Morgan fingerprint density at radius 1 is 1.36 bits per heavy atom. The van der Waals surface area contributed by atoms with E-state index in [1.807, 2.05) is 0 Å². The molecule has 1 N–H and O–H groups in total. The second-order valence-electron chi connectivity index (χ2n) is 3.91. The van der Waals surface area contributed by atoms with E-state index in [2.05, 4.69) is 36.1 Å². The highest BCUT2D eigenvalue weighted by Crippen LogP contribution is 2.38. The molecule has 1 aromatic carbocycles. The number of ether oxygens (including phenoxy) is 2. The zero-order valence-electron chi connectivity index (χ0n) is 11.1. The fourth-order valence-corrected chi connectivity index (χ4v) is 2.19. The molecule has 6 nitrogen and oxygen atoms in total. The summed E-state index contributed by atoms with van der Waals surface area (Å²) in [6, 6.07) is 3.93. The van der Waals surface area contributed by atoms with E-state index in [-0.39, 0.29) is 28.0 Å². The molecule has 1 aromatic heterocycles. The molecule has 0 amide bonds. The summed E-state index contributed by atoms with van der Waals surface area (Å²) in [6.45, 7) is 1.74. The van der Waals surface area contributed by atoms with Gasteiger partial charge in [0.15, 0.2) is 5.69 Å². The lowest BCUT2D eigenvalue weighted by molar-refractivity contribution is -0.274. The third-order valence-electron chi connectivity index (χ3n) is 2.46. The van der Waals surface area contributed by atoms with Gasteiger partial charge in [0.05, 0.1) is 11.1 Å². The Morgan fingerprint density at radius 3 is 2.73 bits per heavy atom. The van der Waals surface area contributed by atoms with Crippen molar-refractivity contribution in [1.82, 2.24) is 15.4 Å². The van der Waals surface area contributed by atoms with E-state index in [9.17, 15) is 18.0 Å². The van der Waals surface area contributed by atoms with E-state index in [1.165, 1.54) is 12.1 Å². The molecule has 0 saturated carbocycles. The molecule has 0 fully saturated rings. The van der Waals surface area contributed by atoms with E-state index < -0.39 is 18.1 Å². The number of hydrogen-bond acceptors (Lipinski definition) is 5. The molecule has 0 unspecified atom stereocenters. The van der Waals surface area contributed by atoms with Crippen molar-refractivity contribution in [3.05, 3.63) is 28.4 Å². The van der Waals surface area contributed by atoms with E-state index in [0.29, 0.717) is 0 Å². The predicted octanol–water partition coefficient (Wildman–Crippen LogP) is 3.31. The van der Waals surface area contributed by atoms with Crippen LogP contribution in [-0.2, 0) is 4.74 Å². The smallest absolute Gasteiger partial charge is 0.461 e. The Hall–Kier alpha value is -2.10. The van der Waals surface area contributed by atoms with Gasteiger partial charge >= 0.3 is 12.3 Å². The van der Waals surface area contributed by atoms with Crippen molar-refractivity contribution in [2.75, 3.05) is 6.61 Å². The fourth-order valence-electron chi connectivity index (χ4n) is 1.66. The van der Waals surface area contributed by atoms with Crippen LogP contribution >= 0.6 is 15.9 Å². The number of nitrogens with one attached hydrogen (secondary N) is 1. The highest BCUT2D eigenvalue weighted by molar-refractivity contribution is 9.10. The Bertz CT molecular complexity index is 688. The first kappa shape index (κ1) is 16.3. The molecule has 2 rings (SSSR count). The SMILES string of the molecule is CCOC(=O)c1n[nH]nc1-c1cccc(OC(F)(F)F)c1Br. The number of aromatic nitrogens is 3. The van der Waals surface area contributed by atoms with E-state index in [4.69, 9.17) is 4.74 Å². The second-order valence-corrected chi connectivity index (χ2v) is 4.70. The minimum absolute atomic E-state index is 0.00762. The van der Waals surface area contributed by atoms with Crippen molar-refractivity contribution in [3.8, 4) is 17.0 Å². The lowest BCUT2D eigenvalue weighted by Crippen LogP contribution is -2.17. The van der Waals surface area contributed by atoms with Gasteiger partial charge in [0.25, 0.3) is 0 Å². The first-order valence-electron chi connectivity index (χ1n) is 5.96. The predicted molar refractivity (Wildman–Crippen MR) is 72.2 cm³/mol. The molecule has 2 aromatic rings. The van der Waals surface area contributed by atoms with Gasteiger partial charge in [-0.1, -0.05) is 12.1 Å². The third kappa shape index (κ3) is 3.56. The molecular formula is C12H9BrF3N3O3. The van der Waals surface area contributed by atoms with Crippen LogP contribution in [0.25, 0.3) is 11.3 Å². The molecule has 0 radical (unpaired) electrons. The molecule has 0 atom stereocenters. The lowest BCUT2D eigenvalue weighted by atomic mass is 10.1. The summed E-state index contributed by atoms with van der Waals surface area (Å²) in [4.78, 5) is 11.8. The van der Waals surface area contributed by atoms with E-state index in [0.717, 1.165) is 6.07 Å². The van der Waals surface area contributed by atoms with Crippen molar-refractivity contribution < 1.29 is 27.4 Å². The molecule has 0 saturated heterocycles. The largest absolute Gasteiger partial charge is 0.573 e. The second kappa shape index (κ2) is 6.34. The van der Waals surface area contributed by atoms with Crippen molar-refractivity contribution in [3.63, 3.8) is 0 Å². The molecule has 0 bridgehead atoms. The molecule has 22 heavy (non-hydrogen) atoms. The first-order valence-corrected chi connectivity index (χ1v) is 6.75. The van der Waals surface area contributed by atoms with Crippen molar-refractivity contribution in [1.29, 1.82) is 0 Å². The molecule has 10 heteroatoms. The van der Waals surface area contributed by atoms with Crippen LogP contribution in [0, 0.1) is 0 Å². The van der Waals surface area contributed by atoms with E-state index >= 15 is 0 Å². The molecule has 1 heterocycles. The van der Waals surface area contributed by atoms with Crippen LogP contribution in [0.5, 0.6) is 5.75 Å². The number of rotatable bonds is 4. The highest BCUT2D eigenvalue weighted by Gasteiger charge is 2.33. The third-order valence-corrected chi connectivity index (χ3v) is 3.28. The summed E-state index contributed by atoms with van der Waals surface area (Å²) in [5.74, 6) is -1.19. The van der Waals surface area contributed by atoms with Gasteiger partial charge in [-0.05, 0) is 28.9 Å². The number of H-pyrrole nitrogens is 1. The van der Waals surface area contributed by atoms with Crippen LogP contribution in [0.1, 0.15) is 17.4 Å². The quantitative estimate of drug-likeness (QED) is 0.824. The Morgan fingerprint density at radius 2 is 2.09 bits per heavy atom. The molecule has 0 aliphatic carbocycles. The van der Waals surface area contributed by atoms with Crippen molar-refractivity contribution in [2.45, 2.75) is 13.3 Å². The zero-order valence-corrected chi connectivity index (χ0v) is 12.7. The molecule has 0 spiro atoms. The number of nitrogens with zero attached hydrogens (tertiary/aromatic N) is 2. The number of carbonyl (C=O) groups excluding carboxylic acids is 1. The number of aromatic amines is 1. The van der Waals surface area contributed by atoms with E-state index in [1.54, 1.807) is 6.92 Å². The standard InChI is InChI=1S/C12H9BrF3N3O3/c1-2-21-11(20)10-9(17-19-18-10)6-4-3-5-7(8(6)13)22-12(14,15)16/h3-5H,2H2,1H3,(H,17,18,19). The maximum Gasteiger partial charge on any atom is 0.573 e. The number of halogens is 4. The summed E-state index contributed by atoms with van der Waals surface area (Å²) < 4.78 is 45.8. The molecule has 0 aliphatic heterocycles. The lowest BCUT2D eigenvalue weighted by Gasteiger charge is -2.12. The van der Waals surface area contributed by atoms with Gasteiger partial charge in [-0.3, -0.25) is 0 Å². The highest BCUT2D eigenvalue weighted by atomic mass is 79.9. The number of carbonyl (C=O) groups is 1. The fraction of sp³-hybridized carbons (Fsp3) is 0.250. The van der Waals surface area contributed by atoms with Gasteiger partial charge in [0, 0.05) is 5.56 Å². The normalized spacial score (nSPS) is 11.3. The van der Waals surface area contributed by atoms with Crippen LogP contribution in [0.2, 0.25) is 0 Å². The summed E-state index contributed by atoms with van der Waals surface area (Å²) in [5.41, 5.74) is 0.128. The average Bonchev–Trinajstić information content (AvgIpc) is 2.89. The molecule has 0 aliphatic rings. The van der Waals surface area contributed by atoms with Gasteiger partial charge in [0.1, 0.15) is 11.4 Å². The summed E-state index contributed by atoms with van der Waals surface area (Å²) in [5, 5.41) is 9.69. The summed E-state index contributed by atoms with van der Waals surface area (Å²) in [6.07, 6.45) is -4.84. The van der Waals surface area contributed by atoms with Gasteiger partial charge in [0.2, 0.25) is 0 Å². The van der Waals surface area contributed by atoms with Gasteiger partial charge < -0.3 is 9.47 Å². The maximum absolute atomic E-state index is 12.4. The Kier molecular flexibility index (Phi) is 4.69. The first-order chi connectivity index (χ1) is 10.3. The monoisotopic (exact) mass is 379 g/mol. The maximum atomic E-state index is 12.4. The summed E-state index contributed by atoms with van der Waals surface area (Å²) >= 11 is 3.02. The summed E-state index contributed by atoms with van der Waals surface area (Å²) in [7, 11) is 0. The minimum Gasteiger partial charge on any atom is -0.461 e. The number of esters is 1. The zero-order chi connectivity index (χ0) is 16.3. The van der Waals surface area contributed by atoms with Gasteiger partial charge in [-0.25, -0.2) is 4.79 Å². The Balaban J connectivity index is 2.44.